The topological polar surface area (TPSA) is 103 Å². The van der Waals surface area contributed by atoms with Gasteiger partial charge in [0.2, 0.25) is 11.8 Å². The molecule has 4 N–H and O–H groups in total. The number of H-pyrrole nitrogens is 1. The molecule has 178 valence electrons. The number of carbonyl (C=O) groups is 3. The van der Waals surface area contributed by atoms with Crippen molar-refractivity contribution in [1.82, 2.24) is 15.6 Å². The van der Waals surface area contributed by atoms with Gasteiger partial charge in [-0.15, -0.1) is 0 Å². The number of amides is 3. The van der Waals surface area contributed by atoms with Crippen molar-refractivity contribution in [2.75, 3.05) is 5.32 Å². The third-order valence-corrected chi connectivity index (χ3v) is 5.91. The smallest absolute Gasteiger partial charge is 0.253 e. The molecule has 0 aliphatic heterocycles. The van der Waals surface area contributed by atoms with Gasteiger partial charge in [0.05, 0.1) is 10.6 Å². The lowest BCUT2D eigenvalue weighted by atomic mass is 10.0. The monoisotopic (exact) mass is 488 g/mol. The van der Waals surface area contributed by atoms with Gasteiger partial charge in [-0.3, -0.25) is 14.4 Å². The highest BCUT2D eigenvalue weighted by Crippen LogP contribution is 2.20. The van der Waals surface area contributed by atoms with E-state index >= 15 is 0 Å². The number of para-hydroxylation sites is 1. The van der Waals surface area contributed by atoms with Crippen LogP contribution in [0.25, 0.3) is 10.9 Å². The van der Waals surface area contributed by atoms with E-state index in [-0.39, 0.29) is 18.4 Å². The predicted molar refractivity (Wildman–Crippen MR) is 137 cm³/mol. The van der Waals surface area contributed by atoms with Crippen LogP contribution in [0.15, 0.2) is 79.0 Å². The summed E-state index contributed by atoms with van der Waals surface area (Å²) in [6.45, 7) is 1.71. The molecule has 7 nitrogen and oxygen atoms in total. The fourth-order valence-corrected chi connectivity index (χ4v) is 4.05. The van der Waals surface area contributed by atoms with Gasteiger partial charge in [0, 0.05) is 42.7 Å². The van der Waals surface area contributed by atoms with Crippen molar-refractivity contribution in [1.29, 1.82) is 0 Å². The Morgan fingerprint density at radius 2 is 1.66 bits per heavy atom. The Balaban J connectivity index is 1.51. The summed E-state index contributed by atoms with van der Waals surface area (Å²) in [5.41, 5.74) is 3.71. The Kier molecular flexibility index (Phi) is 7.48. The van der Waals surface area contributed by atoms with Gasteiger partial charge in [-0.1, -0.05) is 54.1 Å². The van der Waals surface area contributed by atoms with Crippen molar-refractivity contribution in [2.24, 2.45) is 0 Å². The molecular weight excluding hydrogens is 464 g/mol. The molecule has 1 atom stereocenters. The quantitative estimate of drug-likeness (QED) is 0.295. The number of aromatic amines is 1. The fraction of sp³-hybridized carbons (Fsp3) is 0.148. The van der Waals surface area contributed by atoms with Crippen LogP contribution in [0, 0.1) is 0 Å². The van der Waals surface area contributed by atoms with E-state index in [0.29, 0.717) is 22.7 Å². The number of anilines is 1. The van der Waals surface area contributed by atoms with Crippen molar-refractivity contribution in [3.8, 4) is 0 Å². The first-order valence-electron chi connectivity index (χ1n) is 11.2. The number of carbonyl (C=O) groups excluding carboxylic acids is 3. The van der Waals surface area contributed by atoms with E-state index < -0.39 is 11.9 Å². The van der Waals surface area contributed by atoms with E-state index in [2.05, 4.69) is 20.9 Å². The maximum absolute atomic E-state index is 13.2. The normalized spacial score (nSPS) is 11.6. The molecule has 3 amide bonds. The molecule has 35 heavy (non-hydrogen) atoms. The lowest BCUT2D eigenvalue weighted by molar-refractivity contribution is -0.123. The molecule has 4 rings (SSSR count). The van der Waals surface area contributed by atoms with E-state index in [1.54, 1.807) is 36.4 Å². The van der Waals surface area contributed by atoms with Crippen molar-refractivity contribution < 1.29 is 14.4 Å². The van der Waals surface area contributed by atoms with Crippen LogP contribution in [0.1, 0.15) is 28.4 Å². The van der Waals surface area contributed by atoms with Crippen LogP contribution in [-0.4, -0.2) is 28.7 Å². The van der Waals surface area contributed by atoms with Gasteiger partial charge < -0.3 is 20.9 Å². The molecule has 0 saturated carbocycles. The average Bonchev–Trinajstić information content (AvgIpc) is 3.25. The van der Waals surface area contributed by atoms with Gasteiger partial charge >= 0.3 is 0 Å². The first kappa shape index (κ1) is 24.0. The summed E-state index contributed by atoms with van der Waals surface area (Å²) in [7, 11) is 0. The molecule has 1 unspecified atom stereocenters. The first-order chi connectivity index (χ1) is 16.9. The first-order valence-corrected chi connectivity index (χ1v) is 11.5. The van der Waals surface area contributed by atoms with E-state index in [1.807, 2.05) is 42.6 Å². The molecular formula is C27H25ClN4O3. The number of aromatic nitrogens is 1. The number of hydrogen-bond acceptors (Lipinski definition) is 3. The number of halogens is 1. The van der Waals surface area contributed by atoms with Crippen LogP contribution in [0.5, 0.6) is 0 Å². The van der Waals surface area contributed by atoms with Gasteiger partial charge in [-0.05, 0) is 41.5 Å². The number of fused-ring (bicyclic) bond motifs is 1. The van der Waals surface area contributed by atoms with E-state index in [9.17, 15) is 14.4 Å². The molecule has 0 bridgehead atoms. The van der Waals surface area contributed by atoms with Crippen LogP contribution in [-0.2, 0) is 22.6 Å². The molecule has 1 aromatic heterocycles. The zero-order valence-electron chi connectivity index (χ0n) is 19.1. The highest BCUT2D eigenvalue weighted by Gasteiger charge is 2.24. The summed E-state index contributed by atoms with van der Waals surface area (Å²) < 4.78 is 0. The lowest BCUT2D eigenvalue weighted by Crippen LogP contribution is -2.47. The SMILES string of the molecule is CC(=O)Nc1ccc(CNC(=O)C(Cc2c[nH]c3ccccc23)NC(=O)c2ccccc2Cl)cc1. The van der Waals surface area contributed by atoms with Crippen LogP contribution in [0.3, 0.4) is 0 Å². The molecule has 0 fully saturated rings. The van der Waals surface area contributed by atoms with Crippen LogP contribution < -0.4 is 16.0 Å². The van der Waals surface area contributed by atoms with Crippen molar-refractivity contribution in [3.05, 3.63) is 101 Å². The Hall–Kier alpha value is -4.10. The van der Waals surface area contributed by atoms with Gasteiger partial charge in [-0.2, -0.15) is 0 Å². The highest BCUT2D eigenvalue weighted by atomic mass is 35.5. The maximum atomic E-state index is 13.2. The predicted octanol–water partition coefficient (Wildman–Crippen LogP) is 4.44. The summed E-state index contributed by atoms with van der Waals surface area (Å²) in [6, 6.07) is 20.9. The van der Waals surface area contributed by atoms with E-state index in [0.717, 1.165) is 22.0 Å². The Morgan fingerprint density at radius 1 is 0.943 bits per heavy atom. The van der Waals surface area contributed by atoms with Gasteiger partial charge in [-0.25, -0.2) is 0 Å². The number of benzene rings is 3. The van der Waals surface area contributed by atoms with Crippen molar-refractivity contribution in [3.63, 3.8) is 0 Å². The van der Waals surface area contributed by atoms with E-state index in [1.165, 1.54) is 6.92 Å². The molecule has 0 aliphatic rings. The highest BCUT2D eigenvalue weighted by molar-refractivity contribution is 6.33. The minimum absolute atomic E-state index is 0.152. The Labute approximate surface area is 207 Å². The van der Waals surface area contributed by atoms with E-state index in [4.69, 9.17) is 11.6 Å². The van der Waals surface area contributed by atoms with Gasteiger partial charge in [0.1, 0.15) is 6.04 Å². The summed E-state index contributed by atoms with van der Waals surface area (Å²) in [4.78, 5) is 40.6. The summed E-state index contributed by atoms with van der Waals surface area (Å²) >= 11 is 6.20. The summed E-state index contributed by atoms with van der Waals surface area (Å²) in [6.07, 6.45) is 2.15. The van der Waals surface area contributed by atoms with Crippen LogP contribution >= 0.6 is 11.6 Å². The Morgan fingerprint density at radius 3 is 2.40 bits per heavy atom. The number of hydrogen-bond donors (Lipinski definition) is 4. The fourth-order valence-electron chi connectivity index (χ4n) is 3.83. The molecule has 0 aliphatic carbocycles. The third kappa shape index (κ3) is 6.07. The van der Waals surface area contributed by atoms with Gasteiger partial charge in [0.25, 0.3) is 5.91 Å². The molecule has 8 heteroatoms. The summed E-state index contributed by atoms with van der Waals surface area (Å²) in [5.74, 6) is -0.891. The molecule has 0 spiro atoms. The second-order valence-electron chi connectivity index (χ2n) is 8.17. The molecule has 1 heterocycles. The third-order valence-electron chi connectivity index (χ3n) is 5.58. The van der Waals surface area contributed by atoms with Crippen molar-refractivity contribution in [2.45, 2.75) is 25.9 Å². The number of rotatable bonds is 8. The van der Waals surface area contributed by atoms with Gasteiger partial charge in [0.15, 0.2) is 0 Å². The maximum Gasteiger partial charge on any atom is 0.253 e. The average molecular weight is 489 g/mol. The second kappa shape index (κ2) is 10.9. The zero-order chi connectivity index (χ0) is 24.8. The van der Waals surface area contributed by atoms with Crippen LogP contribution in [0.4, 0.5) is 5.69 Å². The summed E-state index contributed by atoms with van der Waals surface area (Å²) in [5, 5.41) is 9.77. The zero-order valence-corrected chi connectivity index (χ0v) is 19.9. The van der Waals surface area contributed by atoms with Crippen molar-refractivity contribution >= 4 is 45.9 Å². The minimum atomic E-state index is -0.823. The standard InChI is InChI=1S/C27H25ClN4O3/c1-17(33)31-20-12-10-18(11-13-20)15-30-27(35)25(32-26(34)22-7-2-4-8-23(22)28)14-19-16-29-24-9-5-3-6-21(19)24/h2-13,16,25,29H,14-15H2,1H3,(H,30,35)(H,31,33)(H,32,34). The second-order valence-corrected chi connectivity index (χ2v) is 8.57. The largest absolute Gasteiger partial charge is 0.361 e. The lowest BCUT2D eigenvalue weighted by Gasteiger charge is -2.19. The molecule has 0 radical (unpaired) electrons. The molecule has 3 aromatic carbocycles. The van der Waals surface area contributed by atoms with Crippen LogP contribution in [0.2, 0.25) is 5.02 Å². The number of nitrogens with one attached hydrogen (secondary N) is 4. The molecule has 0 saturated heterocycles. The Bertz CT molecular complexity index is 1360. The minimum Gasteiger partial charge on any atom is -0.361 e. The molecule has 4 aromatic rings.